The van der Waals surface area contributed by atoms with E-state index in [2.05, 4.69) is 17.4 Å². The van der Waals surface area contributed by atoms with Crippen molar-refractivity contribution >= 4 is 17.6 Å². The van der Waals surface area contributed by atoms with E-state index in [4.69, 9.17) is 9.47 Å². The van der Waals surface area contributed by atoms with Crippen LogP contribution in [-0.4, -0.2) is 18.0 Å². The molecule has 2 saturated carbocycles. The van der Waals surface area contributed by atoms with Crippen LogP contribution >= 0.6 is 0 Å². The molecule has 5 atom stereocenters. The number of esters is 1. The van der Waals surface area contributed by atoms with E-state index in [1.165, 1.54) is 0 Å². The third kappa shape index (κ3) is 3.16. The largest absolute Gasteiger partial charge is 0.462 e. The van der Waals surface area contributed by atoms with Gasteiger partial charge in [0, 0.05) is 17.2 Å². The molecule has 3 aromatic carbocycles. The number of para-hydroxylation sites is 1. The van der Waals surface area contributed by atoms with E-state index in [1.807, 2.05) is 66.7 Å². The highest BCUT2D eigenvalue weighted by Gasteiger charge is 2.63. The fourth-order valence-corrected chi connectivity index (χ4v) is 5.73. The molecule has 6 rings (SSSR count). The summed E-state index contributed by atoms with van der Waals surface area (Å²) in [5.74, 6) is 1.11. The maximum absolute atomic E-state index is 13.0. The van der Waals surface area contributed by atoms with Crippen LogP contribution in [-0.2, 0) is 14.3 Å². The zero-order chi connectivity index (χ0) is 21.7. The van der Waals surface area contributed by atoms with Gasteiger partial charge in [-0.25, -0.2) is 0 Å². The molecule has 2 bridgehead atoms. The smallest absolute Gasteiger partial charge is 0.310 e. The van der Waals surface area contributed by atoms with Crippen molar-refractivity contribution in [3.8, 4) is 22.6 Å². The second-order valence-corrected chi connectivity index (χ2v) is 8.90. The quantitative estimate of drug-likeness (QED) is 0.565. The van der Waals surface area contributed by atoms with Crippen LogP contribution in [0.15, 0.2) is 78.9 Å². The molecule has 0 aromatic heterocycles. The average molecular weight is 425 g/mol. The summed E-state index contributed by atoms with van der Waals surface area (Å²) in [5, 5.41) is 3.00. The van der Waals surface area contributed by atoms with Crippen molar-refractivity contribution in [3.05, 3.63) is 78.9 Å². The molecule has 1 saturated heterocycles. The standard InChI is InChI=1S/C27H23NO4/c29-26(24-17-14-21-23(15-17)32-27(30)25(21)24)28-18-10-12-19(13-11-18)31-22-9-5-4-8-20(22)16-6-2-1-3-7-16/h1-13,17,21,23-25H,14-15H2,(H,28,29)/t17-,21-,23+,24-,25-/m0/s1. The van der Waals surface area contributed by atoms with Crippen LogP contribution in [0.3, 0.4) is 0 Å². The molecule has 3 aromatic rings. The molecular weight excluding hydrogens is 402 g/mol. The van der Waals surface area contributed by atoms with Crippen LogP contribution in [0.2, 0.25) is 0 Å². The fraction of sp³-hybridized carbons (Fsp3) is 0.259. The minimum Gasteiger partial charge on any atom is -0.462 e. The van der Waals surface area contributed by atoms with Gasteiger partial charge in [0.25, 0.3) is 0 Å². The molecule has 0 unspecified atom stereocenters. The highest BCUT2D eigenvalue weighted by Crippen LogP contribution is 2.57. The highest BCUT2D eigenvalue weighted by molar-refractivity contribution is 5.97. The first kappa shape index (κ1) is 19.1. The van der Waals surface area contributed by atoms with Crippen molar-refractivity contribution in [2.45, 2.75) is 18.9 Å². The van der Waals surface area contributed by atoms with Crippen LogP contribution in [0.25, 0.3) is 11.1 Å². The average Bonchev–Trinajstić information content (AvgIpc) is 3.44. The Morgan fingerprint density at radius 2 is 1.66 bits per heavy atom. The van der Waals surface area contributed by atoms with Gasteiger partial charge in [-0.05, 0) is 54.7 Å². The number of hydrogen-bond donors (Lipinski definition) is 1. The molecule has 0 radical (unpaired) electrons. The lowest BCUT2D eigenvalue weighted by Gasteiger charge is -2.23. The van der Waals surface area contributed by atoms with Gasteiger partial charge in [-0.3, -0.25) is 9.59 Å². The summed E-state index contributed by atoms with van der Waals surface area (Å²) in [5.41, 5.74) is 2.80. The lowest BCUT2D eigenvalue weighted by atomic mass is 9.79. The third-order valence-corrected chi connectivity index (χ3v) is 7.11. The molecule has 1 heterocycles. The molecule has 3 aliphatic rings. The maximum atomic E-state index is 13.0. The molecule has 1 amide bonds. The number of fused-ring (bicyclic) bond motifs is 1. The van der Waals surface area contributed by atoms with Crippen molar-refractivity contribution in [1.82, 2.24) is 0 Å². The normalized spacial score (nSPS) is 27.2. The zero-order valence-corrected chi connectivity index (χ0v) is 17.4. The van der Waals surface area contributed by atoms with Crippen molar-refractivity contribution in [1.29, 1.82) is 0 Å². The molecule has 5 heteroatoms. The third-order valence-electron chi connectivity index (χ3n) is 7.11. The number of carbonyl (C=O) groups excluding carboxylic acids is 2. The summed E-state index contributed by atoms with van der Waals surface area (Å²) in [6.45, 7) is 0. The summed E-state index contributed by atoms with van der Waals surface area (Å²) in [4.78, 5) is 25.2. The first-order chi connectivity index (χ1) is 15.7. The maximum Gasteiger partial charge on any atom is 0.310 e. The fourth-order valence-electron chi connectivity index (χ4n) is 5.73. The van der Waals surface area contributed by atoms with Gasteiger partial charge in [0.05, 0.1) is 11.8 Å². The first-order valence-electron chi connectivity index (χ1n) is 11.1. The molecule has 2 aliphatic carbocycles. The van der Waals surface area contributed by atoms with E-state index >= 15 is 0 Å². The predicted octanol–water partition coefficient (Wildman–Crippen LogP) is 5.28. The zero-order valence-electron chi connectivity index (χ0n) is 17.4. The molecule has 0 spiro atoms. The van der Waals surface area contributed by atoms with Crippen molar-refractivity contribution < 1.29 is 19.1 Å². The Bertz CT molecular complexity index is 1170. The van der Waals surface area contributed by atoms with Gasteiger partial charge in [0.15, 0.2) is 0 Å². The Labute approximate surface area is 186 Å². The summed E-state index contributed by atoms with van der Waals surface area (Å²) < 4.78 is 11.6. The van der Waals surface area contributed by atoms with Gasteiger partial charge in [-0.15, -0.1) is 0 Å². The Hall–Kier alpha value is -3.60. The first-order valence-corrected chi connectivity index (χ1v) is 11.1. The van der Waals surface area contributed by atoms with Crippen LogP contribution in [0, 0.1) is 23.7 Å². The van der Waals surface area contributed by atoms with Crippen LogP contribution in [0.1, 0.15) is 12.8 Å². The van der Waals surface area contributed by atoms with Gasteiger partial charge < -0.3 is 14.8 Å². The second kappa shape index (κ2) is 7.52. The summed E-state index contributed by atoms with van der Waals surface area (Å²) in [7, 11) is 0. The lowest BCUT2D eigenvalue weighted by molar-refractivity contribution is -0.145. The van der Waals surface area contributed by atoms with Gasteiger partial charge in [0.2, 0.25) is 5.91 Å². The van der Waals surface area contributed by atoms with Gasteiger partial charge >= 0.3 is 5.97 Å². The molecule has 1 N–H and O–H groups in total. The lowest BCUT2D eigenvalue weighted by Crippen LogP contribution is -2.35. The van der Waals surface area contributed by atoms with E-state index in [0.29, 0.717) is 11.4 Å². The van der Waals surface area contributed by atoms with Gasteiger partial charge in [0.1, 0.15) is 17.6 Å². The highest BCUT2D eigenvalue weighted by atomic mass is 16.6. The number of rotatable bonds is 5. The SMILES string of the molecule is O=C(Nc1ccc(Oc2ccccc2-c2ccccc2)cc1)[C@H]1[C@H]2C[C@@H]3[C@@H]1C(=O)O[C@@H]3C2. The molecule has 160 valence electrons. The number of nitrogens with one attached hydrogen (secondary N) is 1. The Balaban J connectivity index is 1.16. The minimum absolute atomic E-state index is 0.0387. The number of ether oxygens (including phenoxy) is 2. The van der Waals surface area contributed by atoms with E-state index in [-0.39, 0.29) is 41.7 Å². The van der Waals surface area contributed by atoms with Crippen LogP contribution < -0.4 is 10.1 Å². The number of hydrogen-bond acceptors (Lipinski definition) is 4. The number of anilines is 1. The summed E-state index contributed by atoms with van der Waals surface area (Å²) in [6, 6.07) is 25.4. The molecule has 3 fully saturated rings. The number of carbonyl (C=O) groups is 2. The van der Waals surface area contributed by atoms with E-state index in [9.17, 15) is 9.59 Å². The van der Waals surface area contributed by atoms with Crippen molar-refractivity contribution in [3.63, 3.8) is 0 Å². The monoisotopic (exact) mass is 425 g/mol. The van der Waals surface area contributed by atoms with E-state index < -0.39 is 0 Å². The van der Waals surface area contributed by atoms with E-state index in [0.717, 1.165) is 29.7 Å². The van der Waals surface area contributed by atoms with Gasteiger partial charge in [-0.1, -0.05) is 48.5 Å². The summed E-state index contributed by atoms with van der Waals surface area (Å²) in [6.07, 6.45) is 1.78. The molecular formula is C27H23NO4. The predicted molar refractivity (Wildman–Crippen MR) is 120 cm³/mol. The number of amides is 1. The van der Waals surface area contributed by atoms with E-state index in [1.54, 1.807) is 0 Å². The molecule has 1 aliphatic heterocycles. The minimum atomic E-state index is -0.278. The number of benzene rings is 3. The topological polar surface area (TPSA) is 64.6 Å². The Morgan fingerprint density at radius 1 is 0.906 bits per heavy atom. The second-order valence-electron chi connectivity index (χ2n) is 8.90. The van der Waals surface area contributed by atoms with Crippen LogP contribution in [0.4, 0.5) is 5.69 Å². The Morgan fingerprint density at radius 3 is 2.47 bits per heavy atom. The Kier molecular flexibility index (Phi) is 4.49. The van der Waals surface area contributed by atoms with Gasteiger partial charge in [-0.2, -0.15) is 0 Å². The molecule has 32 heavy (non-hydrogen) atoms. The van der Waals surface area contributed by atoms with Crippen molar-refractivity contribution in [2.24, 2.45) is 23.7 Å². The van der Waals surface area contributed by atoms with Crippen LogP contribution in [0.5, 0.6) is 11.5 Å². The van der Waals surface area contributed by atoms with Crippen molar-refractivity contribution in [2.75, 3.05) is 5.32 Å². The summed E-state index contributed by atoms with van der Waals surface area (Å²) >= 11 is 0. The molecule has 5 nitrogen and oxygen atoms in total.